The smallest absolute Gasteiger partial charge is 0.231 e. The van der Waals surface area contributed by atoms with Crippen molar-refractivity contribution < 1.29 is 14.2 Å². The molecule has 4 nitrogen and oxygen atoms in total. The van der Waals surface area contributed by atoms with E-state index in [4.69, 9.17) is 14.2 Å². The average molecular weight is 291 g/mol. The molecule has 2 unspecified atom stereocenters. The number of hydrogen-bond donors (Lipinski definition) is 1. The predicted molar refractivity (Wildman–Crippen MR) is 82.0 cm³/mol. The van der Waals surface area contributed by atoms with Crippen LogP contribution in [0.3, 0.4) is 0 Å². The summed E-state index contributed by atoms with van der Waals surface area (Å²) in [5.41, 5.74) is 1.14. The fourth-order valence-electron chi connectivity index (χ4n) is 3.30. The van der Waals surface area contributed by atoms with E-state index in [0.29, 0.717) is 12.9 Å². The van der Waals surface area contributed by atoms with Gasteiger partial charge in [-0.2, -0.15) is 0 Å². The Morgan fingerprint density at radius 2 is 2.05 bits per heavy atom. The zero-order chi connectivity index (χ0) is 14.7. The zero-order valence-corrected chi connectivity index (χ0v) is 13.0. The van der Waals surface area contributed by atoms with Crippen LogP contribution in [0.15, 0.2) is 12.1 Å². The summed E-state index contributed by atoms with van der Waals surface area (Å²) in [5, 5.41) is 3.20. The summed E-state index contributed by atoms with van der Waals surface area (Å²) in [6.45, 7) is 3.36. The molecule has 0 aromatic heterocycles. The third kappa shape index (κ3) is 3.26. The molecule has 0 spiro atoms. The lowest BCUT2D eigenvalue weighted by Crippen LogP contribution is -2.25. The van der Waals surface area contributed by atoms with Crippen molar-refractivity contribution in [2.45, 2.75) is 51.7 Å². The van der Waals surface area contributed by atoms with E-state index in [0.717, 1.165) is 41.7 Å². The van der Waals surface area contributed by atoms with Gasteiger partial charge in [0.2, 0.25) is 6.79 Å². The molecule has 116 valence electrons. The molecule has 1 fully saturated rings. The van der Waals surface area contributed by atoms with Gasteiger partial charge < -0.3 is 19.5 Å². The van der Waals surface area contributed by atoms with E-state index >= 15 is 0 Å². The van der Waals surface area contributed by atoms with Gasteiger partial charge in [-0.05, 0) is 38.3 Å². The van der Waals surface area contributed by atoms with Gasteiger partial charge in [0, 0.05) is 18.2 Å². The molecule has 1 aromatic carbocycles. The average Bonchev–Trinajstić information content (AvgIpc) is 2.95. The minimum absolute atomic E-state index is 0.305. The second-order valence-corrected chi connectivity index (χ2v) is 6.02. The minimum Gasteiger partial charge on any atom is -0.490 e. The van der Waals surface area contributed by atoms with Crippen molar-refractivity contribution >= 4 is 0 Å². The number of benzene rings is 1. The largest absolute Gasteiger partial charge is 0.490 e. The molecule has 0 bridgehead atoms. The first-order valence-corrected chi connectivity index (χ1v) is 8.04. The summed E-state index contributed by atoms with van der Waals surface area (Å²) >= 11 is 0. The van der Waals surface area contributed by atoms with Gasteiger partial charge in [-0.1, -0.05) is 19.8 Å². The maximum atomic E-state index is 6.32. The van der Waals surface area contributed by atoms with Crippen molar-refractivity contribution in [1.82, 2.24) is 5.32 Å². The molecule has 1 N–H and O–H groups in total. The van der Waals surface area contributed by atoms with Gasteiger partial charge in [0.05, 0.1) is 6.10 Å². The monoisotopic (exact) mass is 291 g/mol. The Labute approximate surface area is 126 Å². The molecule has 0 amide bonds. The Kier molecular flexibility index (Phi) is 4.54. The lowest BCUT2D eigenvalue weighted by Gasteiger charge is -2.29. The molecule has 3 rings (SSSR count). The summed E-state index contributed by atoms with van der Waals surface area (Å²) in [6, 6.07) is 4.03. The van der Waals surface area contributed by atoms with Crippen LogP contribution in [0.5, 0.6) is 17.2 Å². The molecule has 1 saturated carbocycles. The van der Waals surface area contributed by atoms with Crippen molar-refractivity contribution in [1.29, 1.82) is 0 Å². The van der Waals surface area contributed by atoms with Crippen LogP contribution in [0.4, 0.5) is 0 Å². The summed E-state index contributed by atoms with van der Waals surface area (Å²) in [7, 11) is 1.95. The standard InChI is InChI=1S/C17H25NO3/c1-3-12-5-4-6-14(7-12)21-15-9-17-16(19-11-20-17)8-13(15)10-18-2/h8-9,12,14,18H,3-7,10-11H2,1-2H3. The maximum Gasteiger partial charge on any atom is 0.231 e. The zero-order valence-electron chi connectivity index (χ0n) is 13.0. The second kappa shape index (κ2) is 6.56. The number of nitrogens with one attached hydrogen (secondary N) is 1. The quantitative estimate of drug-likeness (QED) is 0.901. The molecule has 0 saturated heterocycles. The third-order valence-electron chi connectivity index (χ3n) is 4.53. The van der Waals surface area contributed by atoms with Gasteiger partial charge in [0.1, 0.15) is 5.75 Å². The molecule has 1 aliphatic heterocycles. The van der Waals surface area contributed by atoms with Crippen LogP contribution in [0.1, 0.15) is 44.6 Å². The molecule has 2 aliphatic rings. The van der Waals surface area contributed by atoms with E-state index in [1.165, 1.54) is 25.7 Å². The van der Waals surface area contributed by atoms with E-state index in [2.05, 4.69) is 12.2 Å². The number of ether oxygens (including phenoxy) is 3. The Hall–Kier alpha value is -1.42. The molecule has 1 heterocycles. The maximum absolute atomic E-state index is 6.32. The summed E-state index contributed by atoms with van der Waals surface area (Å²) in [4.78, 5) is 0. The first-order chi connectivity index (χ1) is 10.3. The van der Waals surface area contributed by atoms with Crippen molar-refractivity contribution in [3.8, 4) is 17.2 Å². The van der Waals surface area contributed by atoms with Crippen LogP contribution in [0.25, 0.3) is 0 Å². The molecular formula is C17H25NO3. The summed E-state index contributed by atoms with van der Waals surface area (Å²) in [5.74, 6) is 3.37. The van der Waals surface area contributed by atoms with Crippen LogP contribution in [-0.2, 0) is 6.54 Å². The van der Waals surface area contributed by atoms with E-state index < -0.39 is 0 Å². The Morgan fingerprint density at radius 3 is 2.81 bits per heavy atom. The summed E-state index contributed by atoms with van der Waals surface area (Å²) < 4.78 is 17.3. The first-order valence-electron chi connectivity index (χ1n) is 8.04. The third-order valence-corrected chi connectivity index (χ3v) is 4.53. The highest BCUT2D eigenvalue weighted by molar-refractivity contribution is 5.51. The Balaban J connectivity index is 1.77. The van der Waals surface area contributed by atoms with Crippen LogP contribution in [0.2, 0.25) is 0 Å². The fourth-order valence-corrected chi connectivity index (χ4v) is 3.30. The molecular weight excluding hydrogens is 266 g/mol. The first kappa shape index (κ1) is 14.5. The lowest BCUT2D eigenvalue weighted by molar-refractivity contribution is 0.120. The van der Waals surface area contributed by atoms with E-state index in [-0.39, 0.29) is 0 Å². The lowest BCUT2D eigenvalue weighted by atomic mass is 9.85. The van der Waals surface area contributed by atoms with Gasteiger partial charge in [-0.15, -0.1) is 0 Å². The number of rotatable bonds is 5. The Bertz CT molecular complexity index is 489. The van der Waals surface area contributed by atoms with Gasteiger partial charge in [0.15, 0.2) is 11.5 Å². The molecule has 21 heavy (non-hydrogen) atoms. The van der Waals surface area contributed by atoms with E-state index in [9.17, 15) is 0 Å². The highest BCUT2D eigenvalue weighted by atomic mass is 16.7. The van der Waals surface area contributed by atoms with Crippen molar-refractivity contribution in [3.05, 3.63) is 17.7 Å². The van der Waals surface area contributed by atoms with Gasteiger partial charge in [0.25, 0.3) is 0 Å². The predicted octanol–water partition coefficient (Wildman–Crippen LogP) is 3.48. The SMILES string of the molecule is CCC1CCCC(Oc2cc3c(cc2CNC)OCO3)C1. The highest BCUT2D eigenvalue weighted by Crippen LogP contribution is 2.39. The Morgan fingerprint density at radius 1 is 1.24 bits per heavy atom. The normalized spacial score (nSPS) is 24.1. The van der Waals surface area contributed by atoms with E-state index in [1.54, 1.807) is 0 Å². The van der Waals surface area contributed by atoms with Crippen molar-refractivity contribution in [2.24, 2.45) is 5.92 Å². The molecule has 1 aliphatic carbocycles. The van der Waals surface area contributed by atoms with Crippen molar-refractivity contribution in [2.75, 3.05) is 13.8 Å². The van der Waals surface area contributed by atoms with Crippen molar-refractivity contribution in [3.63, 3.8) is 0 Å². The molecule has 2 atom stereocenters. The number of hydrogen-bond acceptors (Lipinski definition) is 4. The van der Waals surface area contributed by atoms with Crippen LogP contribution in [-0.4, -0.2) is 19.9 Å². The fraction of sp³-hybridized carbons (Fsp3) is 0.647. The minimum atomic E-state index is 0.305. The molecule has 4 heteroatoms. The van der Waals surface area contributed by atoms with Crippen LogP contribution < -0.4 is 19.5 Å². The van der Waals surface area contributed by atoms with E-state index in [1.807, 2.05) is 19.2 Å². The summed E-state index contributed by atoms with van der Waals surface area (Å²) in [6.07, 6.45) is 6.54. The molecule has 1 aromatic rings. The van der Waals surface area contributed by atoms with Gasteiger partial charge in [-0.25, -0.2) is 0 Å². The van der Waals surface area contributed by atoms with Crippen LogP contribution >= 0.6 is 0 Å². The van der Waals surface area contributed by atoms with Gasteiger partial charge in [-0.3, -0.25) is 0 Å². The topological polar surface area (TPSA) is 39.7 Å². The molecule has 0 radical (unpaired) electrons. The highest BCUT2D eigenvalue weighted by Gasteiger charge is 2.24. The van der Waals surface area contributed by atoms with Crippen LogP contribution in [0, 0.1) is 5.92 Å². The van der Waals surface area contributed by atoms with Gasteiger partial charge >= 0.3 is 0 Å². The number of fused-ring (bicyclic) bond motifs is 1. The second-order valence-electron chi connectivity index (χ2n) is 6.02.